The van der Waals surface area contributed by atoms with Crippen molar-refractivity contribution in [3.05, 3.63) is 59.9 Å². The van der Waals surface area contributed by atoms with Crippen molar-refractivity contribution in [3.8, 4) is 0 Å². The van der Waals surface area contributed by atoms with Gasteiger partial charge in [0, 0.05) is 11.4 Å². The van der Waals surface area contributed by atoms with Crippen molar-refractivity contribution < 1.29 is 14.0 Å². The molecular formula is C21H27FN4O2. The Morgan fingerprint density at radius 2 is 1.82 bits per heavy atom. The van der Waals surface area contributed by atoms with Gasteiger partial charge in [0.1, 0.15) is 11.9 Å². The molecule has 1 atom stereocenters. The van der Waals surface area contributed by atoms with Crippen molar-refractivity contribution in [1.29, 1.82) is 0 Å². The van der Waals surface area contributed by atoms with Crippen LogP contribution < -0.4 is 21.7 Å². The minimum Gasteiger partial charge on any atom is -0.376 e. The minimum absolute atomic E-state index is 0.0609. The number of hydrogen-bond donors (Lipinski definition) is 4. The highest BCUT2D eigenvalue weighted by atomic mass is 19.1. The Morgan fingerprint density at radius 3 is 2.50 bits per heavy atom. The zero-order valence-electron chi connectivity index (χ0n) is 16.0. The van der Waals surface area contributed by atoms with E-state index in [9.17, 15) is 14.0 Å². The van der Waals surface area contributed by atoms with Crippen molar-refractivity contribution in [3.63, 3.8) is 0 Å². The van der Waals surface area contributed by atoms with Crippen molar-refractivity contribution in [2.75, 3.05) is 23.7 Å². The molecule has 28 heavy (non-hydrogen) atoms. The molecule has 2 rings (SSSR count). The third-order valence-electron chi connectivity index (χ3n) is 4.20. The summed E-state index contributed by atoms with van der Waals surface area (Å²) in [6.07, 6.45) is 1.98. The molecule has 0 aliphatic heterocycles. The first-order chi connectivity index (χ1) is 13.5. The van der Waals surface area contributed by atoms with Crippen LogP contribution in [0.25, 0.3) is 0 Å². The van der Waals surface area contributed by atoms with Crippen molar-refractivity contribution in [1.82, 2.24) is 5.32 Å². The van der Waals surface area contributed by atoms with Gasteiger partial charge in [-0.3, -0.25) is 9.59 Å². The summed E-state index contributed by atoms with van der Waals surface area (Å²) in [5.41, 5.74) is 7.79. The fourth-order valence-electron chi connectivity index (χ4n) is 2.65. The maximum Gasteiger partial charge on any atom is 0.246 e. The van der Waals surface area contributed by atoms with E-state index < -0.39 is 6.04 Å². The molecule has 0 heterocycles. The monoisotopic (exact) mass is 386 g/mol. The lowest BCUT2D eigenvalue weighted by Gasteiger charge is -2.19. The van der Waals surface area contributed by atoms with Crippen LogP contribution in [-0.2, 0) is 9.59 Å². The number of aryl methyl sites for hydroxylation is 1. The maximum absolute atomic E-state index is 13.2. The molecule has 150 valence electrons. The topological polar surface area (TPSA) is 96.2 Å². The van der Waals surface area contributed by atoms with Gasteiger partial charge >= 0.3 is 0 Å². The average molecular weight is 386 g/mol. The summed E-state index contributed by atoms with van der Waals surface area (Å²) in [5, 5.41) is 8.42. The van der Waals surface area contributed by atoms with Crippen LogP contribution in [0, 0.1) is 12.7 Å². The zero-order chi connectivity index (χ0) is 20.4. The van der Waals surface area contributed by atoms with E-state index in [1.165, 1.54) is 12.1 Å². The van der Waals surface area contributed by atoms with E-state index in [1.807, 2.05) is 31.2 Å². The molecule has 2 aromatic carbocycles. The number of anilines is 2. The number of unbranched alkanes of at least 4 members (excludes halogenated alkanes) is 1. The molecule has 2 amide bonds. The van der Waals surface area contributed by atoms with Gasteiger partial charge < -0.3 is 21.7 Å². The average Bonchev–Trinajstić information content (AvgIpc) is 2.67. The third kappa shape index (κ3) is 7.36. The Morgan fingerprint density at radius 1 is 1.07 bits per heavy atom. The summed E-state index contributed by atoms with van der Waals surface area (Å²) in [6.45, 7) is 2.43. The normalized spacial score (nSPS) is 11.5. The molecule has 7 heteroatoms. The summed E-state index contributed by atoms with van der Waals surface area (Å²) >= 11 is 0. The van der Waals surface area contributed by atoms with E-state index in [4.69, 9.17) is 5.73 Å². The molecule has 0 fully saturated rings. The molecule has 6 nitrogen and oxygen atoms in total. The Labute approximate surface area is 164 Å². The van der Waals surface area contributed by atoms with Gasteiger partial charge in [-0.15, -0.1) is 0 Å². The first kappa shape index (κ1) is 21.4. The lowest BCUT2D eigenvalue weighted by Crippen LogP contribution is -2.45. The minimum atomic E-state index is -0.672. The number of benzene rings is 2. The Kier molecular flexibility index (Phi) is 8.42. The number of amides is 2. The molecule has 0 aliphatic carbocycles. The van der Waals surface area contributed by atoms with Gasteiger partial charge in [0.05, 0.1) is 6.54 Å². The number of carbonyl (C=O) groups is 2. The molecule has 0 aliphatic rings. The second-order valence-corrected chi connectivity index (χ2v) is 6.62. The number of rotatable bonds is 10. The number of carbonyl (C=O) groups excluding carboxylic acids is 2. The van der Waals surface area contributed by atoms with E-state index in [0.717, 1.165) is 18.4 Å². The van der Waals surface area contributed by atoms with Crippen LogP contribution in [0.4, 0.5) is 15.8 Å². The van der Waals surface area contributed by atoms with Crippen molar-refractivity contribution >= 4 is 23.2 Å². The predicted molar refractivity (Wildman–Crippen MR) is 110 cm³/mol. The summed E-state index contributed by atoms with van der Waals surface area (Å²) in [5.74, 6) is -1.01. The van der Waals surface area contributed by atoms with Gasteiger partial charge in [-0.1, -0.05) is 23.8 Å². The molecule has 0 saturated heterocycles. The van der Waals surface area contributed by atoms with Crippen molar-refractivity contribution in [2.45, 2.75) is 32.2 Å². The van der Waals surface area contributed by atoms with Gasteiger partial charge in [-0.05, 0) is 63.1 Å². The van der Waals surface area contributed by atoms with E-state index in [1.54, 1.807) is 12.1 Å². The molecule has 2 aromatic rings. The smallest absolute Gasteiger partial charge is 0.246 e. The summed E-state index contributed by atoms with van der Waals surface area (Å²) in [6, 6.07) is 12.6. The number of halogens is 1. The Hall–Kier alpha value is -2.93. The van der Waals surface area contributed by atoms with Gasteiger partial charge in [-0.2, -0.15) is 0 Å². The number of nitrogens with one attached hydrogen (secondary N) is 3. The standard InChI is InChI=1S/C21H27FN4O2/c1-15-8-10-17(11-9-15)25-21(28)19(7-2-3-12-23)26-20(27)14-24-18-6-4-5-16(22)13-18/h4-6,8-11,13,19,24H,2-3,7,12,14,23H2,1H3,(H,25,28)(H,26,27)/t19-/m0/s1. The molecule has 0 unspecified atom stereocenters. The molecular weight excluding hydrogens is 359 g/mol. The second kappa shape index (κ2) is 11.0. The fraction of sp³-hybridized carbons (Fsp3) is 0.333. The van der Waals surface area contributed by atoms with Crippen LogP contribution in [-0.4, -0.2) is 30.9 Å². The Balaban J connectivity index is 1.93. The molecule has 0 bridgehead atoms. The third-order valence-corrected chi connectivity index (χ3v) is 4.20. The second-order valence-electron chi connectivity index (χ2n) is 6.62. The van der Waals surface area contributed by atoms with Crippen molar-refractivity contribution in [2.24, 2.45) is 5.73 Å². The number of hydrogen-bond acceptors (Lipinski definition) is 4. The highest BCUT2D eigenvalue weighted by Crippen LogP contribution is 2.11. The van der Waals surface area contributed by atoms with Gasteiger partial charge in [0.15, 0.2) is 0 Å². The van der Waals surface area contributed by atoms with Gasteiger partial charge in [-0.25, -0.2) is 4.39 Å². The van der Waals surface area contributed by atoms with Gasteiger partial charge in [0.2, 0.25) is 11.8 Å². The highest BCUT2D eigenvalue weighted by molar-refractivity contribution is 5.97. The summed E-state index contributed by atoms with van der Waals surface area (Å²) < 4.78 is 13.2. The first-order valence-corrected chi connectivity index (χ1v) is 9.34. The molecule has 0 aromatic heterocycles. The van der Waals surface area contributed by atoms with Crippen LogP contribution in [0.15, 0.2) is 48.5 Å². The molecule has 0 spiro atoms. The van der Waals surface area contributed by atoms with E-state index in [-0.39, 0.29) is 24.2 Å². The van der Waals surface area contributed by atoms with Gasteiger partial charge in [0.25, 0.3) is 0 Å². The molecule has 0 radical (unpaired) electrons. The zero-order valence-corrected chi connectivity index (χ0v) is 16.0. The maximum atomic E-state index is 13.2. The SMILES string of the molecule is Cc1ccc(NC(=O)[C@H](CCCCN)NC(=O)CNc2cccc(F)c2)cc1. The van der Waals surface area contributed by atoms with E-state index >= 15 is 0 Å². The fourth-order valence-corrected chi connectivity index (χ4v) is 2.65. The van der Waals surface area contributed by atoms with Crippen LogP contribution >= 0.6 is 0 Å². The van der Waals surface area contributed by atoms with Crippen LogP contribution in [0.2, 0.25) is 0 Å². The lowest BCUT2D eigenvalue weighted by molar-refractivity contribution is -0.125. The quantitative estimate of drug-likeness (QED) is 0.472. The van der Waals surface area contributed by atoms with Crippen LogP contribution in [0.5, 0.6) is 0 Å². The van der Waals surface area contributed by atoms with E-state index in [2.05, 4.69) is 16.0 Å². The first-order valence-electron chi connectivity index (χ1n) is 9.34. The number of nitrogens with two attached hydrogens (primary N) is 1. The van der Waals surface area contributed by atoms with E-state index in [0.29, 0.717) is 24.3 Å². The highest BCUT2D eigenvalue weighted by Gasteiger charge is 2.20. The largest absolute Gasteiger partial charge is 0.376 e. The molecule has 5 N–H and O–H groups in total. The van der Waals surface area contributed by atoms with Crippen LogP contribution in [0.3, 0.4) is 0 Å². The molecule has 0 saturated carbocycles. The lowest BCUT2D eigenvalue weighted by atomic mass is 10.1. The summed E-state index contributed by atoms with van der Waals surface area (Å²) in [7, 11) is 0. The summed E-state index contributed by atoms with van der Waals surface area (Å²) in [4.78, 5) is 24.9. The predicted octanol–water partition coefficient (Wildman–Crippen LogP) is 2.80. The Bertz CT molecular complexity index is 780. The van der Waals surface area contributed by atoms with Crippen LogP contribution in [0.1, 0.15) is 24.8 Å².